The van der Waals surface area contributed by atoms with Crippen LogP contribution in [-0.4, -0.2) is 20.5 Å². The zero-order valence-corrected chi connectivity index (χ0v) is 11.9. The highest BCUT2D eigenvalue weighted by molar-refractivity contribution is 6.00. The Bertz CT molecular complexity index is 702. The van der Waals surface area contributed by atoms with Crippen molar-refractivity contribution < 1.29 is 4.39 Å². The average molecular weight is 272 g/mol. The molecule has 2 aromatic rings. The van der Waals surface area contributed by atoms with E-state index in [4.69, 9.17) is 5.41 Å². The Morgan fingerprint density at radius 2 is 2.10 bits per heavy atom. The molecule has 0 atom stereocenters. The molecule has 0 amide bonds. The maximum absolute atomic E-state index is 13.3. The van der Waals surface area contributed by atoms with Crippen molar-refractivity contribution in [3.05, 3.63) is 52.1 Å². The summed E-state index contributed by atoms with van der Waals surface area (Å²) in [5.41, 5.74) is 4.95. The number of fused-ring (bicyclic) bond motifs is 1. The first-order chi connectivity index (χ1) is 9.47. The molecule has 1 aromatic carbocycles. The first-order valence-electron chi connectivity index (χ1n) is 6.58. The zero-order chi connectivity index (χ0) is 14.4. The molecule has 0 saturated carbocycles. The number of rotatable bonds is 2. The van der Waals surface area contributed by atoms with E-state index in [9.17, 15) is 4.39 Å². The van der Waals surface area contributed by atoms with Crippen LogP contribution >= 0.6 is 0 Å². The van der Waals surface area contributed by atoms with E-state index < -0.39 is 0 Å². The number of nitrogens with one attached hydrogen (secondary N) is 1. The molecule has 1 N–H and O–H groups in total. The van der Waals surface area contributed by atoms with Crippen LogP contribution in [0.1, 0.15) is 28.1 Å². The molecule has 20 heavy (non-hydrogen) atoms. The lowest BCUT2D eigenvalue weighted by Gasteiger charge is -2.18. The SMILES string of the molecule is Cc1nn(C)c(C)c1CN1Cc2ccc(F)cc2C1=N. The minimum absolute atomic E-state index is 0.288. The smallest absolute Gasteiger partial charge is 0.129 e. The van der Waals surface area contributed by atoms with E-state index in [1.807, 2.05) is 30.5 Å². The predicted molar refractivity (Wildman–Crippen MR) is 75.2 cm³/mol. The van der Waals surface area contributed by atoms with Gasteiger partial charge in [0, 0.05) is 37.0 Å². The number of amidine groups is 1. The first kappa shape index (κ1) is 12.8. The average Bonchev–Trinajstić information content (AvgIpc) is 2.83. The van der Waals surface area contributed by atoms with Crippen molar-refractivity contribution >= 4 is 5.84 Å². The predicted octanol–water partition coefficient (Wildman–Crippen LogP) is 2.52. The third-order valence-corrected chi connectivity index (χ3v) is 4.01. The molecule has 4 nitrogen and oxygen atoms in total. The van der Waals surface area contributed by atoms with Gasteiger partial charge in [-0.3, -0.25) is 10.1 Å². The van der Waals surface area contributed by atoms with Gasteiger partial charge in [0.25, 0.3) is 0 Å². The Labute approximate surface area is 117 Å². The molecule has 3 rings (SSSR count). The minimum atomic E-state index is -0.288. The van der Waals surface area contributed by atoms with Crippen molar-refractivity contribution in [3.63, 3.8) is 0 Å². The van der Waals surface area contributed by atoms with Crippen LogP contribution in [0.3, 0.4) is 0 Å². The minimum Gasteiger partial charge on any atom is -0.348 e. The first-order valence-corrected chi connectivity index (χ1v) is 6.58. The molecular weight excluding hydrogens is 255 g/mol. The van der Waals surface area contributed by atoms with E-state index in [1.165, 1.54) is 12.1 Å². The second-order valence-corrected chi connectivity index (χ2v) is 5.28. The lowest BCUT2D eigenvalue weighted by Crippen LogP contribution is -2.24. The van der Waals surface area contributed by atoms with Crippen molar-refractivity contribution in [2.45, 2.75) is 26.9 Å². The number of hydrogen-bond acceptors (Lipinski definition) is 2. The number of aromatic nitrogens is 2. The Morgan fingerprint density at radius 3 is 2.75 bits per heavy atom. The zero-order valence-electron chi connectivity index (χ0n) is 11.9. The molecule has 2 heterocycles. The largest absolute Gasteiger partial charge is 0.348 e. The molecule has 0 aliphatic carbocycles. The van der Waals surface area contributed by atoms with E-state index in [0.29, 0.717) is 24.5 Å². The van der Waals surface area contributed by atoms with E-state index in [2.05, 4.69) is 5.10 Å². The van der Waals surface area contributed by atoms with Crippen molar-refractivity contribution in [1.82, 2.24) is 14.7 Å². The summed E-state index contributed by atoms with van der Waals surface area (Å²) in [6, 6.07) is 4.67. The number of aryl methyl sites for hydroxylation is 2. The van der Waals surface area contributed by atoms with E-state index in [1.54, 1.807) is 6.07 Å². The molecule has 0 spiro atoms. The molecule has 1 aliphatic rings. The topological polar surface area (TPSA) is 44.9 Å². The second-order valence-electron chi connectivity index (χ2n) is 5.28. The normalized spacial score (nSPS) is 14.0. The van der Waals surface area contributed by atoms with Gasteiger partial charge >= 0.3 is 0 Å². The maximum Gasteiger partial charge on any atom is 0.129 e. The van der Waals surface area contributed by atoms with Gasteiger partial charge in [-0.1, -0.05) is 6.07 Å². The Hall–Kier alpha value is -2.17. The van der Waals surface area contributed by atoms with Crippen LogP contribution in [-0.2, 0) is 20.1 Å². The highest BCUT2D eigenvalue weighted by atomic mass is 19.1. The molecule has 104 valence electrons. The van der Waals surface area contributed by atoms with Gasteiger partial charge < -0.3 is 4.90 Å². The summed E-state index contributed by atoms with van der Waals surface area (Å²) >= 11 is 0. The molecule has 0 bridgehead atoms. The van der Waals surface area contributed by atoms with E-state index >= 15 is 0 Å². The molecule has 0 saturated heterocycles. The van der Waals surface area contributed by atoms with Crippen LogP contribution in [0.15, 0.2) is 18.2 Å². The number of benzene rings is 1. The lowest BCUT2D eigenvalue weighted by molar-refractivity contribution is 0.420. The monoisotopic (exact) mass is 272 g/mol. The molecule has 0 fully saturated rings. The molecule has 1 aromatic heterocycles. The summed E-state index contributed by atoms with van der Waals surface area (Å²) in [6.07, 6.45) is 0. The molecule has 5 heteroatoms. The molecule has 1 aliphatic heterocycles. The van der Waals surface area contributed by atoms with Crippen LogP contribution in [0.25, 0.3) is 0 Å². The van der Waals surface area contributed by atoms with Crippen LogP contribution in [0, 0.1) is 25.1 Å². The Balaban J connectivity index is 1.90. The third-order valence-electron chi connectivity index (χ3n) is 4.01. The standard InChI is InChI=1S/C15H17FN4/c1-9-14(10(2)19(3)18-9)8-20-7-11-4-5-12(16)6-13(11)15(20)17/h4-6,17H,7-8H2,1-3H3. The highest BCUT2D eigenvalue weighted by Gasteiger charge is 2.26. The summed E-state index contributed by atoms with van der Waals surface area (Å²) in [4.78, 5) is 1.96. The van der Waals surface area contributed by atoms with Gasteiger partial charge in [0.1, 0.15) is 11.7 Å². The quantitative estimate of drug-likeness (QED) is 0.913. The Kier molecular flexibility index (Phi) is 2.85. The van der Waals surface area contributed by atoms with E-state index in [-0.39, 0.29) is 5.82 Å². The van der Waals surface area contributed by atoms with Crippen LogP contribution in [0.2, 0.25) is 0 Å². The fourth-order valence-corrected chi connectivity index (χ4v) is 2.73. The summed E-state index contributed by atoms with van der Waals surface area (Å²) in [7, 11) is 1.92. The van der Waals surface area contributed by atoms with Gasteiger partial charge in [-0.2, -0.15) is 5.10 Å². The van der Waals surface area contributed by atoms with Gasteiger partial charge in [-0.05, 0) is 31.5 Å². The van der Waals surface area contributed by atoms with Crippen molar-refractivity contribution in [1.29, 1.82) is 5.41 Å². The molecular formula is C15H17FN4. The van der Waals surface area contributed by atoms with Gasteiger partial charge in [-0.25, -0.2) is 4.39 Å². The number of hydrogen-bond donors (Lipinski definition) is 1. The van der Waals surface area contributed by atoms with Crippen LogP contribution in [0.4, 0.5) is 4.39 Å². The summed E-state index contributed by atoms with van der Waals surface area (Å²) in [5, 5.41) is 12.6. The second kappa shape index (κ2) is 4.44. The van der Waals surface area contributed by atoms with Crippen LogP contribution in [0.5, 0.6) is 0 Å². The van der Waals surface area contributed by atoms with Gasteiger partial charge in [-0.15, -0.1) is 0 Å². The van der Waals surface area contributed by atoms with Crippen molar-refractivity contribution in [3.8, 4) is 0 Å². The van der Waals surface area contributed by atoms with Crippen LogP contribution < -0.4 is 0 Å². The third kappa shape index (κ3) is 1.90. The van der Waals surface area contributed by atoms with Crippen molar-refractivity contribution in [2.75, 3.05) is 0 Å². The van der Waals surface area contributed by atoms with Crippen molar-refractivity contribution in [2.24, 2.45) is 7.05 Å². The van der Waals surface area contributed by atoms with Gasteiger partial charge in [0.2, 0.25) is 0 Å². The summed E-state index contributed by atoms with van der Waals surface area (Å²) in [5.74, 6) is 0.103. The number of nitrogens with zero attached hydrogens (tertiary/aromatic N) is 3. The van der Waals surface area contributed by atoms with Gasteiger partial charge in [0.05, 0.1) is 5.69 Å². The van der Waals surface area contributed by atoms with Gasteiger partial charge in [0.15, 0.2) is 0 Å². The summed E-state index contributed by atoms with van der Waals surface area (Å²) in [6.45, 7) is 5.31. The lowest BCUT2D eigenvalue weighted by atomic mass is 10.1. The molecule has 0 radical (unpaired) electrons. The fraction of sp³-hybridized carbons (Fsp3) is 0.333. The van der Waals surface area contributed by atoms with E-state index in [0.717, 1.165) is 22.5 Å². The summed E-state index contributed by atoms with van der Waals surface area (Å²) < 4.78 is 15.2. The Morgan fingerprint density at radius 1 is 1.35 bits per heavy atom. The fourth-order valence-electron chi connectivity index (χ4n) is 2.73. The maximum atomic E-state index is 13.3. The number of halogens is 1. The highest BCUT2D eigenvalue weighted by Crippen LogP contribution is 2.26. The molecule has 0 unspecified atom stereocenters.